The van der Waals surface area contributed by atoms with Crippen molar-refractivity contribution in [1.29, 1.82) is 0 Å². The van der Waals surface area contributed by atoms with E-state index in [-0.39, 0.29) is 11.2 Å². The number of hydrogen-bond donors (Lipinski definition) is 1. The molecule has 0 spiro atoms. The SMILES string of the molecule is CC(=O)N1CCN(Cc2c(-c3ccc(Cl)cc3)nc3ccc(NS(=O)(=O)C4CC4)cn23)CC1. The van der Waals surface area contributed by atoms with Gasteiger partial charge in [0, 0.05) is 56.4 Å². The van der Waals surface area contributed by atoms with Crippen molar-refractivity contribution >= 4 is 38.9 Å². The fourth-order valence-electron chi connectivity index (χ4n) is 4.20. The predicted molar refractivity (Wildman–Crippen MR) is 129 cm³/mol. The zero-order chi connectivity index (χ0) is 23.2. The number of carbonyl (C=O) groups is 1. The van der Waals surface area contributed by atoms with Crippen molar-refractivity contribution in [2.75, 3.05) is 30.9 Å². The zero-order valence-corrected chi connectivity index (χ0v) is 19.9. The van der Waals surface area contributed by atoms with Crippen molar-refractivity contribution in [3.8, 4) is 11.3 Å². The third-order valence-corrected chi connectivity index (χ3v) is 8.37. The van der Waals surface area contributed by atoms with Crippen LogP contribution in [-0.4, -0.2) is 64.9 Å². The van der Waals surface area contributed by atoms with Crippen LogP contribution in [-0.2, 0) is 21.4 Å². The molecule has 1 amide bonds. The molecule has 1 aliphatic carbocycles. The molecule has 8 nitrogen and oxygen atoms in total. The van der Waals surface area contributed by atoms with Gasteiger partial charge in [-0.25, -0.2) is 13.4 Å². The largest absolute Gasteiger partial charge is 0.340 e. The van der Waals surface area contributed by atoms with Crippen LogP contribution in [0.1, 0.15) is 25.5 Å². The number of halogens is 1. The molecule has 2 fully saturated rings. The highest BCUT2D eigenvalue weighted by Gasteiger charge is 2.35. The number of rotatable bonds is 6. The molecule has 0 atom stereocenters. The van der Waals surface area contributed by atoms with Gasteiger partial charge in [-0.1, -0.05) is 23.7 Å². The summed E-state index contributed by atoms with van der Waals surface area (Å²) in [5.74, 6) is 0.0962. The van der Waals surface area contributed by atoms with E-state index in [2.05, 4.69) is 9.62 Å². The molecule has 10 heteroatoms. The minimum Gasteiger partial charge on any atom is -0.340 e. The molecule has 174 valence electrons. The van der Waals surface area contributed by atoms with Crippen LogP contribution in [0.2, 0.25) is 5.02 Å². The predicted octanol–water partition coefficient (Wildman–Crippen LogP) is 3.22. The number of piperazine rings is 1. The lowest BCUT2D eigenvalue weighted by Crippen LogP contribution is -2.47. The molecule has 2 aromatic heterocycles. The van der Waals surface area contributed by atoms with E-state index in [1.807, 2.05) is 45.8 Å². The third-order valence-electron chi connectivity index (χ3n) is 6.25. The highest BCUT2D eigenvalue weighted by molar-refractivity contribution is 7.93. The van der Waals surface area contributed by atoms with Gasteiger partial charge in [-0.2, -0.15) is 0 Å². The average molecular weight is 488 g/mol. The maximum absolute atomic E-state index is 12.5. The summed E-state index contributed by atoms with van der Waals surface area (Å²) in [7, 11) is -3.36. The molecule has 0 bridgehead atoms. The first kappa shape index (κ1) is 22.2. The van der Waals surface area contributed by atoms with Gasteiger partial charge in [-0.05, 0) is 37.1 Å². The molecular weight excluding hydrogens is 462 g/mol. The van der Waals surface area contributed by atoms with E-state index in [4.69, 9.17) is 16.6 Å². The minimum atomic E-state index is -3.36. The Bertz CT molecular complexity index is 1290. The van der Waals surface area contributed by atoms with Gasteiger partial charge in [0.1, 0.15) is 5.65 Å². The standard InChI is InChI=1S/C23H26ClN5O3S/c1-16(30)28-12-10-27(11-13-28)15-21-23(17-2-4-18(24)5-3-17)25-22-9-6-19(14-29(21)22)26-33(31,32)20-7-8-20/h2-6,9,14,20,26H,7-8,10-13,15H2,1H3. The van der Waals surface area contributed by atoms with Crippen LogP contribution in [0, 0.1) is 0 Å². The summed E-state index contributed by atoms with van der Waals surface area (Å²) in [6.07, 6.45) is 3.23. The molecule has 1 aromatic carbocycles. The lowest BCUT2D eigenvalue weighted by molar-refractivity contribution is -0.130. The number of nitrogens with one attached hydrogen (secondary N) is 1. The quantitative estimate of drug-likeness (QED) is 0.577. The van der Waals surface area contributed by atoms with Crippen molar-refractivity contribution in [3.63, 3.8) is 0 Å². The fourth-order valence-corrected chi connectivity index (χ4v) is 5.70. The number of benzene rings is 1. The summed E-state index contributed by atoms with van der Waals surface area (Å²) < 4.78 is 29.6. The van der Waals surface area contributed by atoms with Crippen molar-refractivity contribution in [1.82, 2.24) is 19.2 Å². The normalized spacial score (nSPS) is 17.5. The van der Waals surface area contributed by atoms with Gasteiger partial charge < -0.3 is 4.90 Å². The molecule has 0 radical (unpaired) electrons. The Morgan fingerprint density at radius 3 is 2.42 bits per heavy atom. The van der Waals surface area contributed by atoms with Crippen LogP contribution in [0.3, 0.4) is 0 Å². The van der Waals surface area contributed by atoms with Crippen molar-refractivity contribution in [2.24, 2.45) is 0 Å². The number of sulfonamides is 1. The van der Waals surface area contributed by atoms with Gasteiger partial charge in [0.05, 0.1) is 22.3 Å². The second-order valence-electron chi connectivity index (χ2n) is 8.69. The molecule has 1 N–H and O–H groups in total. The molecule has 3 heterocycles. The van der Waals surface area contributed by atoms with E-state index in [9.17, 15) is 13.2 Å². The Kier molecular flexibility index (Phi) is 5.80. The van der Waals surface area contributed by atoms with Crippen LogP contribution in [0.4, 0.5) is 5.69 Å². The number of carbonyl (C=O) groups excluding carboxylic acids is 1. The van der Waals surface area contributed by atoms with Crippen LogP contribution in [0.15, 0.2) is 42.6 Å². The first-order valence-electron chi connectivity index (χ1n) is 11.1. The smallest absolute Gasteiger partial charge is 0.235 e. The number of nitrogens with zero attached hydrogens (tertiary/aromatic N) is 4. The molecule has 1 saturated carbocycles. The summed E-state index contributed by atoms with van der Waals surface area (Å²) in [6, 6.07) is 11.2. The Morgan fingerprint density at radius 1 is 1.09 bits per heavy atom. The van der Waals surface area contributed by atoms with E-state index in [1.54, 1.807) is 13.0 Å². The van der Waals surface area contributed by atoms with E-state index >= 15 is 0 Å². The Hall–Kier alpha value is -2.62. The first-order valence-corrected chi connectivity index (χ1v) is 13.0. The second kappa shape index (κ2) is 8.62. The zero-order valence-electron chi connectivity index (χ0n) is 18.4. The Balaban J connectivity index is 1.51. The maximum Gasteiger partial charge on any atom is 0.235 e. The molecule has 33 heavy (non-hydrogen) atoms. The van der Waals surface area contributed by atoms with E-state index in [1.165, 1.54) is 0 Å². The number of imidazole rings is 1. The maximum atomic E-state index is 12.5. The number of aromatic nitrogens is 2. The summed E-state index contributed by atoms with van der Waals surface area (Å²) in [4.78, 5) is 20.7. The van der Waals surface area contributed by atoms with E-state index < -0.39 is 10.0 Å². The van der Waals surface area contributed by atoms with E-state index in [0.717, 1.165) is 35.7 Å². The van der Waals surface area contributed by atoms with Crippen molar-refractivity contribution in [2.45, 2.75) is 31.6 Å². The van der Waals surface area contributed by atoms with Crippen molar-refractivity contribution < 1.29 is 13.2 Å². The third kappa shape index (κ3) is 4.71. The van der Waals surface area contributed by atoms with Crippen LogP contribution in [0.25, 0.3) is 16.9 Å². The molecule has 2 aliphatic rings. The molecule has 3 aromatic rings. The molecule has 1 saturated heterocycles. The minimum absolute atomic E-state index is 0.0962. The second-order valence-corrected chi connectivity index (χ2v) is 11.1. The topological polar surface area (TPSA) is 87.0 Å². The molecule has 1 aliphatic heterocycles. The number of amides is 1. The monoisotopic (exact) mass is 487 g/mol. The number of anilines is 1. The number of fused-ring (bicyclic) bond motifs is 1. The van der Waals surface area contributed by atoms with Gasteiger partial charge in [-0.15, -0.1) is 0 Å². The first-order chi connectivity index (χ1) is 15.8. The van der Waals surface area contributed by atoms with Gasteiger partial charge >= 0.3 is 0 Å². The molecule has 0 unspecified atom stereocenters. The molecule has 5 rings (SSSR count). The van der Waals surface area contributed by atoms with Crippen molar-refractivity contribution in [3.05, 3.63) is 53.3 Å². The lowest BCUT2D eigenvalue weighted by Gasteiger charge is -2.34. The summed E-state index contributed by atoms with van der Waals surface area (Å²) in [6.45, 7) is 5.14. The highest BCUT2D eigenvalue weighted by atomic mass is 35.5. The van der Waals surface area contributed by atoms with Crippen LogP contribution in [0.5, 0.6) is 0 Å². The molecular formula is C23H26ClN5O3S. The average Bonchev–Trinajstić information content (AvgIpc) is 3.59. The summed E-state index contributed by atoms with van der Waals surface area (Å²) in [5, 5.41) is 0.360. The van der Waals surface area contributed by atoms with Gasteiger partial charge in [0.15, 0.2) is 0 Å². The Labute approximate surface area is 198 Å². The number of pyridine rings is 1. The van der Waals surface area contributed by atoms with Crippen LogP contribution >= 0.6 is 11.6 Å². The van der Waals surface area contributed by atoms with Gasteiger partial charge in [0.2, 0.25) is 15.9 Å². The van der Waals surface area contributed by atoms with Crippen LogP contribution < -0.4 is 4.72 Å². The summed E-state index contributed by atoms with van der Waals surface area (Å²) in [5.41, 5.74) is 4.02. The summed E-state index contributed by atoms with van der Waals surface area (Å²) >= 11 is 6.09. The highest BCUT2D eigenvalue weighted by Crippen LogP contribution is 2.31. The van der Waals surface area contributed by atoms with E-state index in [0.29, 0.717) is 43.2 Å². The fraction of sp³-hybridized carbons (Fsp3) is 0.391. The lowest BCUT2D eigenvalue weighted by atomic mass is 10.1. The van der Waals surface area contributed by atoms with Gasteiger partial charge in [0.25, 0.3) is 0 Å². The Morgan fingerprint density at radius 2 is 1.79 bits per heavy atom. The van der Waals surface area contributed by atoms with Gasteiger partial charge in [-0.3, -0.25) is 18.8 Å². The number of hydrogen-bond acceptors (Lipinski definition) is 5.